The van der Waals surface area contributed by atoms with Crippen molar-refractivity contribution in [1.82, 2.24) is 15.3 Å². The zero-order chi connectivity index (χ0) is 33.2. The number of halogens is 9. The van der Waals surface area contributed by atoms with E-state index in [1.807, 2.05) is 0 Å². The van der Waals surface area contributed by atoms with E-state index in [9.17, 15) is 35.1 Å². The fourth-order valence-corrected chi connectivity index (χ4v) is 3.61. The average Bonchev–Trinajstić information content (AvgIpc) is 2.96. The maximum atomic E-state index is 14.3. The number of ether oxygens (including phenoxy) is 2. The Morgan fingerprint density at radius 3 is 2.09 bits per heavy atom. The number of hydrogen-bond acceptors (Lipinski definition) is 8. The summed E-state index contributed by atoms with van der Waals surface area (Å²) < 4.78 is 103. The van der Waals surface area contributed by atoms with E-state index in [1.54, 1.807) is 19.2 Å². The van der Waals surface area contributed by atoms with Crippen LogP contribution in [0.1, 0.15) is 12.8 Å². The Bertz CT molecular complexity index is 1430. The third kappa shape index (κ3) is 10.5. The lowest BCUT2D eigenvalue weighted by molar-refractivity contribution is -0.193. The molecule has 2 aromatic carbocycles. The number of aromatic nitrogens is 2. The summed E-state index contributed by atoms with van der Waals surface area (Å²) in [4.78, 5) is 26.3. The highest BCUT2D eigenvalue weighted by Crippen LogP contribution is 2.36. The van der Waals surface area contributed by atoms with Gasteiger partial charge in [0, 0.05) is 11.5 Å². The predicted molar refractivity (Wildman–Crippen MR) is 139 cm³/mol. The first-order valence-corrected chi connectivity index (χ1v) is 12.5. The van der Waals surface area contributed by atoms with Crippen LogP contribution in [0.25, 0.3) is 10.9 Å². The van der Waals surface area contributed by atoms with Crippen molar-refractivity contribution in [3.63, 3.8) is 0 Å². The van der Waals surface area contributed by atoms with Gasteiger partial charge in [0.05, 0.1) is 24.9 Å². The number of nitrogens with zero attached hydrogens (tertiary/aromatic N) is 2. The van der Waals surface area contributed by atoms with Gasteiger partial charge in [0.25, 0.3) is 0 Å². The zero-order valence-corrected chi connectivity index (χ0v) is 23.1. The van der Waals surface area contributed by atoms with E-state index in [4.69, 9.17) is 40.9 Å². The molecule has 0 aliphatic carbocycles. The summed E-state index contributed by atoms with van der Waals surface area (Å²) in [7, 11) is 1.56. The summed E-state index contributed by atoms with van der Waals surface area (Å²) in [6.07, 6.45) is -6.71. The highest BCUT2D eigenvalue weighted by Gasteiger charge is 2.38. The van der Waals surface area contributed by atoms with Gasteiger partial charge < -0.3 is 30.3 Å². The number of aliphatic carboxylic acids is 2. The smallest absolute Gasteiger partial charge is 0.490 e. The van der Waals surface area contributed by atoms with Crippen molar-refractivity contribution in [1.29, 1.82) is 0 Å². The van der Waals surface area contributed by atoms with Crippen molar-refractivity contribution in [2.24, 2.45) is 5.92 Å². The van der Waals surface area contributed by atoms with E-state index in [0.29, 0.717) is 40.7 Å². The fourth-order valence-electron chi connectivity index (χ4n) is 3.44. The molecule has 1 aliphatic heterocycles. The summed E-state index contributed by atoms with van der Waals surface area (Å²) in [6.45, 7) is 2.54. The molecule has 4 rings (SSSR count). The molecule has 4 N–H and O–H groups in total. The predicted octanol–water partition coefficient (Wildman–Crippen LogP) is 5.96. The molecule has 2 heterocycles. The molecule has 0 saturated carbocycles. The molecule has 0 amide bonds. The molecule has 0 spiro atoms. The minimum Gasteiger partial charge on any atom is -0.493 e. The molecule has 1 aliphatic rings. The van der Waals surface area contributed by atoms with Crippen LogP contribution in [-0.4, -0.2) is 71.3 Å². The highest BCUT2D eigenvalue weighted by atomic mass is 35.5. The normalized spacial score (nSPS) is 13.6. The van der Waals surface area contributed by atoms with Crippen LogP contribution in [0.5, 0.6) is 11.5 Å². The Balaban J connectivity index is 0.000000402. The van der Waals surface area contributed by atoms with Crippen molar-refractivity contribution in [3.8, 4) is 11.5 Å². The van der Waals surface area contributed by atoms with Gasteiger partial charge >= 0.3 is 24.3 Å². The van der Waals surface area contributed by atoms with Gasteiger partial charge in [-0.1, -0.05) is 11.6 Å². The van der Waals surface area contributed by atoms with Crippen molar-refractivity contribution in [3.05, 3.63) is 47.2 Å². The minimum atomic E-state index is -5.08. The highest BCUT2D eigenvalue weighted by molar-refractivity contribution is 6.31. The molecule has 0 bridgehead atoms. The summed E-state index contributed by atoms with van der Waals surface area (Å²) in [5.74, 6) is -5.32. The number of piperidine rings is 1. The molecule has 242 valence electrons. The molecule has 0 unspecified atom stereocenters. The first kappa shape index (κ1) is 36.0. The molecule has 1 aromatic heterocycles. The van der Waals surface area contributed by atoms with Gasteiger partial charge in [-0.05, 0) is 50.0 Å². The van der Waals surface area contributed by atoms with Gasteiger partial charge in [-0.3, -0.25) is 0 Å². The summed E-state index contributed by atoms with van der Waals surface area (Å²) in [5.41, 5.74) is 0.599. The standard InChI is InChI=1S/C21H21ClF2N4O2.2C2HF3O2/c1-29-17-9-16-13(8-18(17)30-10-12-4-6-25-7-5-12)21(27-11-26-16)28-15-3-2-14(23)19(22)20(15)24;2*3-2(4,5)1(6)7/h2-3,8-9,11-12,25H,4-7,10H2,1H3,(H,26,27,28);2*(H,6,7). The second-order valence-corrected chi connectivity index (χ2v) is 9.08. The average molecular weight is 663 g/mol. The molecule has 1 saturated heterocycles. The lowest BCUT2D eigenvalue weighted by Gasteiger charge is -2.23. The summed E-state index contributed by atoms with van der Waals surface area (Å²) >= 11 is 5.68. The SMILES string of the molecule is COc1cc2ncnc(Nc3ccc(F)c(Cl)c3F)c2cc1OCC1CCNCC1.O=C(O)C(F)(F)F.O=C(O)C(F)(F)F. The Labute approximate surface area is 247 Å². The van der Waals surface area contributed by atoms with E-state index in [1.165, 1.54) is 12.4 Å². The van der Waals surface area contributed by atoms with Crippen LogP contribution < -0.4 is 20.1 Å². The topological polar surface area (TPSA) is 143 Å². The maximum absolute atomic E-state index is 14.3. The molecule has 10 nitrogen and oxygen atoms in total. The molecular weight excluding hydrogens is 640 g/mol. The van der Waals surface area contributed by atoms with Gasteiger partial charge in [-0.15, -0.1) is 0 Å². The Kier molecular flexibility index (Phi) is 12.7. The van der Waals surface area contributed by atoms with E-state index in [-0.39, 0.29) is 5.69 Å². The molecule has 1 fully saturated rings. The van der Waals surface area contributed by atoms with Gasteiger partial charge in [0.1, 0.15) is 23.0 Å². The number of methoxy groups -OCH3 is 1. The van der Waals surface area contributed by atoms with Crippen LogP contribution in [-0.2, 0) is 9.59 Å². The van der Waals surface area contributed by atoms with Gasteiger partial charge in [-0.25, -0.2) is 28.3 Å². The quantitative estimate of drug-likeness (QED) is 0.185. The van der Waals surface area contributed by atoms with E-state index < -0.39 is 40.9 Å². The number of anilines is 2. The third-order valence-corrected chi connectivity index (χ3v) is 5.97. The number of fused-ring (bicyclic) bond motifs is 1. The number of nitrogens with one attached hydrogen (secondary N) is 2. The van der Waals surface area contributed by atoms with Crippen molar-refractivity contribution in [2.75, 3.05) is 32.1 Å². The second-order valence-electron chi connectivity index (χ2n) is 8.70. The Morgan fingerprint density at radius 1 is 1.00 bits per heavy atom. The molecule has 3 aromatic rings. The van der Waals surface area contributed by atoms with Crippen molar-refractivity contribution < 1.29 is 64.4 Å². The van der Waals surface area contributed by atoms with Gasteiger partial charge in [-0.2, -0.15) is 26.3 Å². The van der Waals surface area contributed by atoms with Crippen LogP contribution in [0, 0.1) is 17.6 Å². The Morgan fingerprint density at radius 2 is 1.57 bits per heavy atom. The second kappa shape index (κ2) is 15.5. The number of carboxylic acid groups (broad SMARTS) is 2. The third-order valence-electron chi connectivity index (χ3n) is 5.63. The first-order valence-electron chi connectivity index (χ1n) is 12.1. The number of benzene rings is 2. The van der Waals surface area contributed by atoms with Crippen molar-refractivity contribution >= 4 is 45.9 Å². The van der Waals surface area contributed by atoms with Gasteiger partial charge in [0.15, 0.2) is 17.3 Å². The molecule has 19 heteroatoms. The number of hydrogen-bond donors (Lipinski definition) is 4. The van der Waals surface area contributed by atoms with Crippen LogP contribution in [0.15, 0.2) is 30.6 Å². The summed E-state index contributed by atoms with van der Waals surface area (Å²) in [6, 6.07) is 5.87. The van der Waals surface area contributed by atoms with E-state index in [2.05, 4.69) is 20.6 Å². The largest absolute Gasteiger partial charge is 0.493 e. The molecule has 44 heavy (non-hydrogen) atoms. The molecular formula is C25H23ClF8N4O6. The monoisotopic (exact) mass is 662 g/mol. The van der Waals surface area contributed by atoms with E-state index in [0.717, 1.165) is 32.0 Å². The number of alkyl halides is 6. The number of rotatable bonds is 6. The fraction of sp³-hybridized carbons (Fsp3) is 0.360. The first-order chi connectivity index (χ1) is 20.4. The van der Waals surface area contributed by atoms with Crippen molar-refractivity contribution in [2.45, 2.75) is 25.2 Å². The minimum absolute atomic E-state index is 0.00870. The lowest BCUT2D eigenvalue weighted by atomic mass is 9.99. The van der Waals surface area contributed by atoms with Crippen LogP contribution in [0.4, 0.5) is 46.6 Å². The van der Waals surface area contributed by atoms with Crippen LogP contribution >= 0.6 is 11.6 Å². The lowest BCUT2D eigenvalue weighted by Crippen LogP contribution is -2.30. The Hall–Kier alpha value is -4.19. The summed E-state index contributed by atoms with van der Waals surface area (Å²) in [5, 5.41) is 20.5. The van der Waals surface area contributed by atoms with Crippen LogP contribution in [0.2, 0.25) is 5.02 Å². The maximum Gasteiger partial charge on any atom is 0.490 e. The van der Waals surface area contributed by atoms with Gasteiger partial charge in [0.2, 0.25) is 0 Å². The molecule has 0 atom stereocenters. The zero-order valence-electron chi connectivity index (χ0n) is 22.3. The number of carbonyl (C=O) groups is 2. The van der Waals surface area contributed by atoms with Crippen LogP contribution in [0.3, 0.4) is 0 Å². The molecule has 0 radical (unpaired) electrons. The number of carboxylic acids is 2. The van der Waals surface area contributed by atoms with E-state index >= 15 is 0 Å².